The first-order chi connectivity index (χ1) is 19.6. The van der Waals surface area contributed by atoms with Crippen molar-refractivity contribution in [2.24, 2.45) is 11.3 Å². The van der Waals surface area contributed by atoms with Gasteiger partial charge in [0.05, 0.1) is 37.9 Å². The molecule has 1 saturated carbocycles. The molecule has 10 heteroatoms. The second-order valence-electron chi connectivity index (χ2n) is 11.1. The van der Waals surface area contributed by atoms with E-state index in [0.717, 1.165) is 10.1 Å². The molecule has 4 atom stereocenters. The van der Waals surface area contributed by atoms with Crippen molar-refractivity contribution >= 4 is 11.6 Å². The van der Waals surface area contributed by atoms with Gasteiger partial charge < -0.3 is 14.6 Å². The van der Waals surface area contributed by atoms with E-state index in [-0.39, 0.29) is 41.8 Å². The zero-order valence-electron chi connectivity index (χ0n) is 23.5. The minimum absolute atomic E-state index is 0.110. The van der Waals surface area contributed by atoms with Crippen LogP contribution in [0.1, 0.15) is 44.7 Å². The lowest BCUT2D eigenvalue weighted by Gasteiger charge is -2.53. The van der Waals surface area contributed by atoms with Crippen LogP contribution in [0.2, 0.25) is 0 Å². The highest BCUT2D eigenvalue weighted by Crippen LogP contribution is 2.61. The SMILES string of the molecule is COc1cc([C@H]2C3=CCn4c(=O)n(-c5ccccc5)c(=O)n4[C@@H]3C[C@H]3C(=O)C(C)=C(C)C(=O)[C@@]23C)cc(OC)c1O. The van der Waals surface area contributed by atoms with E-state index in [9.17, 15) is 24.3 Å². The predicted molar refractivity (Wildman–Crippen MR) is 150 cm³/mol. The summed E-state index contributed by atoms with van der Waals surface area (Å²) in [5.41, 5.74) is 0.429. The van der Waals surface area contributed by atoms with Crippen molar-refractivity contribution in [3.05, 3.63) is 91.8 Å². The number of methoxy groups -OCH3 is 2. The summed E-state index contributed by atoms with van der Waals surface area (Å²) in [7, 11) is 2.84. The number of aromatic hydroxyl groups is 1. The van der Waals surface area contributed by atoms with Crippen molar-refractivity contribution < 1.29 is 24.2 Å². The fourth-order valence-corrected chi connectivity index (χ4v) is 7.10. The lowest BCUT2D eigenvalue weighted by atomic mass is 9.50. The zero-order valence-corrected chi connectivity index (χ0v) is 23.5. The number of allylic oxidation sites excluding steroid dienone is 4. The molecule has 0 bridgehead atoms. The van der Waals surface area contributed by atoms with Gasteiger partial charge in [-0.05, 0) is 66.8 Å². The lowest BCUT2D eigenvalue weighted by Crippen LogP contribution is -2.55. The van der Waals surface area contributed by atoms with Crippen LogP contribution in [0.4, 0.5) is 0 Å². The molecule has 212 valence electrons. The van der Waals surface area contributed by atoms with Crippen LogP contribution in [0, 0.1) is 11.3 Å². The number of para-hydroxylation sites is 1. The summed E-state index contributed by atoms with van der Waals surface area (Å²) >= 11 is 0. The van der Waals surface area contributed by atoms with Crippen molar-refractivity contribution in [3.63, 3.8) is 0 Å². The first-order valence-corrected chi connectivity index (χ1v) is 13.5. The van der Waals surface area contributed by atoms with Gasteiger partial charge in [0, 0.05) is 11.8 Å². The minimum atomic E-state index is -1.19. The monoisotopic (exact) mass is 557 g/mol. The maximum atomic E-state index is 14.2. The second kappa shape index (κ2) is 9.22. The highest BCUT2D eigenvalue weighted by atomic mass is 16.5. The molecule has 6 rings (SSSR count). The number of ether oxygens (including phenoxy) is 2. The van der Waals surface area contributed by atoms with Gasteiger partial charge in [-0.25, -0.2) is 23.5 Å². The van der Waals surface area contributed by atoms with E-state index in [1.807, 2.05) is 6.08 Å². The van der Waals surface area contributed by atoms with Crippen LogP contribution in [-0.2, 0) is 16.1 Å². The quantitative estimate of drug-likeness (QED) is 0.489. The Hall–Kier alpha value is -4.60. The highest BCUT2D eigenvalue weighted by Gasteiger charge is 2.60. The molecule has 0 unspecified atom stereocenters. The molecular weight excluding hydrogens is 526 g/mol. The fourth-order valence-electron chi connectivity index (χ4n) is 7.10. The van der Waals surface area contributed by atoms with Crippen LogP contribution in [0.3, 0.4) is 0 Å². The average molecular weight is 558 g/mol. The van der Waals surface area contributed by atoms with Gasteiger partial charge in [0.1, 0.15) is 0 Å². The van der Waals surface area contributed by atoms with Crippen LogP contribution < -0.4 is 20.9 Å². The van der Waals surface area contributed by atoms with Gasteiger partial charge >= 0.3 is 11.4 Å². The minimum Gasteiger partial charge on any atom is -0.502 e. The van der Waals surface area contributed by atoms with Gasteiger partial charge in [-0.15, -0.1) is 0 Å². The molecule has 10 nitrogen and oxygen atoms in total. The van der Waals surface area contributed by atoms with Crippen molar-refractivity contribution in [2.75, 3.05) is 14.2 Å². The number of ketones is 2. The van der Waals surface area contributed by atoms with E-state index in [0.29, 0.717) is 22.4 Å². The Balaban J connectivity index is 1.63. The van der Waals surface area contributed by atoms with Gasteiger partial charge in [0.15, 0.2) is 23.1 Å². The number of nitrogens with zero attached hydrogens (tertiary/aromatic N) is 3. The van der Waals surface area contributed by atoms with E-state index < -0.39 is 34.7 Å². The van der Waals surface area contributed by atoms with Gasteiger partial charge in [0.25, 0.3) is 0 Å². The number of hydrogen-bond donors (Lipinski definition) is 1. The second-order valence-corrected chi connectivity index (χ2v) is 11.1. The molecule has 1 fully saturated rings. The molecule has 0 radical (unpaired) electrons. The topological polar surface area (TPSA) is 122 Å². The Morgan fingerprint density at radius 1 is 0.927 bits per heavy atom. The standard InChI is InChI=1S/C31H31N3O7/c1-16-17(2)28(37)31(3)21(26(16)35)15-22-20(25(31)18-13-23(40-4)27(36)24(14-18)41-5)11-12-32-29(38)33(30(39)34(22)32)19-9-7-6-8-10-19/h6-11,13-14,21-22,25,36H,12,15H2,1-5H3/t21-,22+,25-,31+/m0/s1. The van der Waals surface area contributed by atoms with Crippen LogP contribution in [0.15, 0.2) is 74.8 Å². The Kier molecular flexibility index (Phi) is 5.99. The number of carbonyl (C=O) groups is 2. The first-order valence-electron chi connectivity index (χ1n) is 13.5. The number of Topliss-reactive ketones (excluding diaryl/α,β-unsaturated/α-hetero) is 2. The number of rotatable bonds is 4. The molecule has 0 amide bonds. The summed E-state index contributed by atoms with van der Waals surface area (Å²) in [6.07, 6.45) is 2.07. The van der Waals surface area contributed by atoms with Gasteiger partial charge in [0.2, 0.25) is 5.75 Å². The lowest BCUT2D eigenvalue weighted by molar-refractivity contribution is -0.140. The Labute approximate surface area is 235 Å². The molecule has 2 heterocycles. The van der Waals surface area contributed by atoms with E-state index >= 15 is 0 Å². The van der Waals surface area contributed by atoms with Gasteiger partial charge in [-0.1, -0.05) is 31.2 Å². The first kappa shape index (κ1) is 26.6. The van der Waals surface area contributed by atoms with E-state index in [1.54, 1.807) is 63.2 Å². The normalized spacial score (nSPS) is 25.3. The van der Waals surface area contributed by atoms with Gasteiger partial charge in [-0.2, -0.15) is 0 Å². The summed E-state index contributed by atoms with van der Waals surface area (Å²) in [5.74, 6) is -1.61. The number of fused-ring (bicyclic) bond motifs is 4. The molecule has 0 saturated heterocycles. The number of hydrogen-bond acceptors (Lipinski definition) is 7. The van der Waals surface area contributed by atoms with Crippen LogP contribution in [0.25, 0.3) is 5.69 Å². The summed E-state index contributed by atoms with van der Waals surface area (Å²) in [5, 5.41) is 10.6. The maximum absolute atomic E-state index is 14.2. The summed E-state index contributed by atoms with van der Waals surface area (Å²) < 4.78 is 14.8. The Bertz CT molecular complexity index is 1780. The van der Waals surface area contributed by atoms with Crippen molar-refractivity contribution in [2.45, 2.75) is 45.7 Å². The highest BCUT2D eigenvalue weighted by molar-refractivity contribution is 6.15. The fraction of sp³-hybridized carbons (Fsp3) is 0.355. The van der Waals surface area contributed by atoms with Crippen molar-refractivity contribution in [1.82, 2.24) is 13.9 Å². The predicted octanol–water partition coefficient (Wildman–Crippen LogP) is 3.30. The van der Waals surface area contributed by atoms with Crippen molar-refractivity contribution in [1.29, 1.82) is 0 Å². The molecule has 41 heavy (non-hydrogen) atoms. The van der Waals surface area contributed by atoms with E-state index in [1.165, 1.54) is 23.6 Å². The third-order valence-electron chi connectivity index (χ3n) is 9.28. The number of benzene rings is 2. The van der Waals surface area contributed by atoms with Crippen LogP contribution in [0.5, 0.6) is 17.2 Å². The van der Waals surface area contributed by atoms with E-state index in [4.69, 9.17) is 9.47 Å². The average Bonchev–Trinajstić information content (AvgIpc) is 3.24. The van der Waals surface area contributed by atoms with E-state index in [2.05, 4.69) is 0 Å². The number of phenols is 1. The summed E-state index contributed by atoms with van der Waals surface area (Å²) in [4.78, 5) is 55.5. The third kappa shape index (κ3) is 3.49. The Morgan fingerprint density at radius 3 is 2.17 bits per heavy atom. The molecule has 0 spiro atoms. The van der Waals surface area contributed by atoms with Gasteiger partial charge in [-0.3, -0.25) is 9.59 Å². The summed E-state index contributed by atoms with van der Waals surface area (Å²) in [6, 6.07) is 11.3. The van der Waals surface area contributed by atoms with Crippen molar-refractivity contribution in [3.8, 4) is 22.9 Å². The summed E-state index contributed by atoms with van der Waals surface area (Å²) in [6.45, 7) is 5.26. The molecule has 1 N–H and O–H groups in total. The molecule has 2 aliphatic carbocycles. The zero-order chi connectivity index (χ0) is 29.4. The van der Waals surface area contributed by atoms with Crippen LogP contribution in [-0.4, -0.2) is 44.8 Å². The molecule has 1 aromatic heterocycles. The number of aromatic nitrogens is 3. The molecular formula is C31H31N3O7. The third-order valence-corrected chi connectivity index (χ3v) is 9.28. The maximum Gasteiger partial charge on any atom is 0.352 e. The smallest absolute Gasteiger partial charge is 0.352 e. The molecule has 2 aromatic carbocycles. The van der Waals surface area contributed by atoms with Crippen LogP contribution >= 0.6 is 0 Å². The molecule has 3 aromatic rings. The molecule has 1 aliphatic heterocycles. The largest absolute Gasteiger partial charge is 0.502 e. The Morgan fingerprint density at radius 2 is 1.56 bits per heavy atom. The molecule has 3 aliphatic rings. The number of carbonyl (C=O) groups excluding carboxylic acids is 2. The number of phenolic OH excluding ortho intramolecular Hbond substituents is 1.